The quantitative estimate of drug-likeness (QED) is 0.558. The Labute approximate surface area is 141 Å². The molecule has 3 rings (SSSR count). The van der Waals surface area contributed by atoms with Gasteiger partial charge in [-0.25, -0.2) is 4.57 Å². The van der Waals surface area contributed by atoms with Gasteiger partial charge in [0.2, 0.25) is 5.69 Å². The summed E-state index contributed by atoms with van der Waals surface area (Å²) < 4.78 is 2.14. The highest BCUT2D eigenvalue weighted by atomic mass is 127. The third kappa shape index (κ3) is 2.86. The predicted molar refractivity (Wildman–Crippen MR) is 96.3 cm³/mol. The van der Waals surface area contributed by atoms with E-state index >= 15 is 0 Å². The molecule has 0 fully saturated rings. The van der Waals surface area contributed by atoms with Crippen molar-refractivity contribution in [3.8, 4) is 0 Å². The molecule has 0 N–H and O–H groups in total. The monoisotopic (exact) mass is 397 g/mol. The normalized spacial score (nSPS) is 15.1. The van der Waals surface area contributed by atoms with E-state index in [1.165, 1.54) is 21.3 Å². The third-order valence-electron chi connectivity index (χ3n) is 3.32. The molecular weight excluding hydrogens is 379 g/mol. The van der Waals surface area contributed by atoms with Gasteiger partial charge in [0, 0.05) is 29.6 Å². The smallest absolute Gasteiger partial charge is 0.207 e. The highest BCUT2D eigenvalue weighted by molar-refractivity contribution is 14.0. The van der Waals surface area contributed by atoms with Crippen molar-refractivity contribution in [1.29, 1.82) is 0 Å². The number of aromatic nitrogens is 1. The molecule has 20 heavy (non-hydrogen) atoms. The van der Waals surface area contributed by atoms with Gasteiger partial charge in [0.05, 0.1) is 10.7 Å². The van der Waals surface area contributed by atoms with Crippen LogP contribution in [0, 0.1) is 0 Å². The van der Waals surface area contributed by atoms with E-state index < -0.39 is 0 Å². The molecule has 104 valence electrons. The number of halogens is 1. The molecule has 0 aliphatic carbocycles. The Morgan fingerprint density at radius 3 is 2.65 bits per heavy atom. The molecule has 1 aromatic heterocycles. The van der Waals surface area contributed by atoms with Gasteiger partial charge in [0.15, 0.2) is 6.20 Å². The summed E-state index contributed by atoms with van der Waals surface area (Å²) in [7, 11) is 2.08. The summed E-state index contributed by atoms with van der Waals surface area (Å²) in [6.45, 7) is 3.19. The van der Waals surface area contributed by atoms with Gasteiger partial charge < -0.3 is 4.90 Å². The van der Waals surface area contributed by atoms with Crippen LogP contribution in [0.2, 0.25) is 0 Å². The van der Waals surface area contributed by atoms with Crippen molar-refractivity contribution in [1.82, 2.24) is 0 Å². The first-order valence-electron chi connectivity index (χ1n) is 6.50. The van der Waals surface area contributed by atoms with Crippen molar-refractivity contribution < 1.29 is 4.57 Å². The molecular formula is C16H18IN2S+. The number of benzene rings is 1. The summed E-state index contributed by atoms with van der Waals surface area (Å²) in [5.74, 6) is 0. The zero-order valence-corrected chi connectivity index (χ0v) is 14.8. The highest BCUT2D eigenvalue weighted by Gasteiger charge is 2.24. The zero-order valence-electron chi connectivity index (χ0n) is 11.6. The van der Waals surface area contributed by atoms with Crippen molar-refractivity contribution in [3.63, 3.8) is 0 Å². The number of pyridine rings is 1. The first kappa shape index (κ1) is 15.4. The number of rotatable bonds is 2. The summed E-state index contributed by atoms with van der Waals surface area (Å²) in [5.41, 5.74) is 2.54. The average molecular weight is 397 g/mol. The number of fused-ring (bicyclic) bond motifs is 1. The molecule has 0 atom stereocenters. The van der Waals surface area contributed by atoms with E-state index in [0.717, 1.165) is 6.54 Å². The van der Waals surface area contributed by atoms with Crippen molar-refractivity contribution >= 4 is 47.5 Å². The average Bonchev–Trinajstić information content (AvgIpc) is 2.78. The first-order valence-corrected chi connectivity index (χ1v) is 7.32. The minimum Gasteiger partial charge on any atom is -0.335 e. The lowest BCUT2D eigenvalue weighted by atomic mass is 10.3. The molecule has 2 nitrogen and oxygen atoms in total. The van der Waals surface area contributed by atoms with E-state index in [9.17, 15) is 0 Å². The summed E-state index contributed by atoms with van der Waals surface area (Å²) in [6, 6.07) is 14.9. The lowest BCUT2D eigenvalue weighted by molar-refractivity contribution is -0.673. The van der Waals surface area contributed by atoms with Gasteiger partial charge in [-0.3, -0.25) is 0 Å². The molecule has 2 heterocycles. The third-order valence-corrected chi connectivity index (χ3v) is 4.43. The SMILES string of the molecule is CCN1/C(=C/c2cccc[n+]2C)Sc2ccccc21.I. The molecule has 1 aliphatic rings. The van der Waals surface area contributed by atoms with E-state index in [1.807, 2.05) is 11.8 Å². The largest absolute Gasteiger partial charge is 0.335 e. The summed E-state index contributed by atoms with van der Waals surface area (Å²) in [4.78, 5) is 3.71. The Bertz CT molecular complexity index is 640. The van der Waals surface area contributed by atoms with Crippen LogP contribution in [0.5, 0.6) is 0 Å². The maximum Gasteiger partial charge on any atom is 0.207 e. The van der Waals surface area contributed by atoms with Crippen LogP contribution in [0.1, 0.15) is 12.6 Å². The van der Waals surface area contributed by atoms with Crippen LogP contribution in [-0.4, -0.2) is 6.54 Å². The molecule has 0 amide bonds. The van der Waals surface area contributed by atoms with Gasteiger partial charge >= 0.3 is 0 Å². The van der Waals surface area contributed by atoms with Gasteiger partial charge in [0.25, 0.3) is 0 Å². The minimum atomic E-state index is 0. The summed E-state index contributed by atoms with van der Waals surface area (Å²) in [5, 5.41) is 1.30. The molecule has 1 aromatic carbocycles. The zero-order chi connectivity index (χ0) is 13.2. The standard InChI is InChI=1S/C16H17N2S.HI/c1-3-18-14-9-4-5-10-15(14)19-16(18)12-13-8-6-7-11-17(13)2;/h4-12H,3H2,1-2H3;1H/q+1;. The van der Waals surface area contributed by atoms with Crippen LogP contribution < -0.4 is 9.47 Å². The Morgan fingerprint density at radius 2 is 1.90 bits per heavy atom. The number of para-hydroxylation sites is 1. The van der Waals surface area contributed by atoms with Crippen molar-refractivity contribution in [2.75, 3.05) is 11.4 Å². The van der Waals surface area contributed by atoms with Crippen molar-refractivity contribution in [2.24, 2.45) is 7.05 Å². The number of aryl methyl sites for hydroxylation is 1. The summed E-state index contributed by atoms with van der Waals surface area (Å²) >= 11 is 1.85. The maximum absolute atomic E-state index is 2.37. The molecule has 0 saturated carbocycles. The second-order valence-electron chi connectivity index (χ2n) is 4.53. The van der Waals surface area contributed by atoms with Crippen LogP contribution in [0.25, 0.3) is 6.08 Å². The fraction of sp³-hybridized carbons (Fsp3) is 0.188. The molecule has 0 radical (unpaired) electrons. The fourth-order valence-corrected chi connectivity index (χ4v) is 3.47. The number of hydrogen-bond donors (Lipinski definition) is 0. The maximum atomic E-state index is 2.37. The van der Waals surface area contributed by atoms with Gasteiger partial charge in [-0.15, -0.1) is 24.0 Å². The molecule has 4 heteroatoms. The lowest BCUT2D eigenvalue weighted by Crippen LogP contribution is -2.31. The second-order valence-corrected chi connectivity index (χ2v) is 5.60. The molecule has 0 unspecified atom stereocenters. The molecule has 0 bridgehead atoms. The Morgan fingerprint density at radius 1 is 1.15 bits per heavy atom. The topological polar surface area (TPSA) is 7.12 Å². The Hall–Kier alpha value is -1.01. The summed E-state index contributed by atoms with van der Waals surface area (Å²) in [6.07, 6.45) is 4.34. The molecule has 0 saturated heterocycles. The van der Waals surface area contributed by atoms with Crippen LogP contribution in [0.15, 0.2) is 58.6 Å². The minimum absolute atomic E-state index is 0. The van der Waals surface area contributed by atoms with Gasteiger partial charge in [-0.1, -0.05) is 23.9 Å². The van der Waals surface area contributed by atoms with Gasteiger partial charge in [-0.2, -0.15) is 0 Å². The van der Waals surface area contributed by atoms with Crippen LogP contribution in [0.3, 0.4) is 0 Å². The Balaban J connectivity index is 0.00000147. The van der Waals surface area contributed by atoms with E-state index in [4.69, 9.17) is 0 Å². The van der Waals surface area contributed by atoms with Gasteiger partial charge in [0.1, 0.15) is 7.05 Å². The number of hydrogen-bond acceptors (Lipinski definition) is 2. The van der Waals surface area contributed by atoms with Crippen molar-refractivity contribution in [3.05, 3.63) is 59.4 Å². The van der Waals surface area contributed by atoms with Crippen molar-refractivity contribution in [2.45, 2.75) is 11.8 Å². The molecule has 2 aromatic rings. The van der Waals surface area contributed by atoms with Crippen LogP contribution >= 0.6 is 35.7 Å². The second kappa shape index (κ2) is 6.63. The van der Waals surface area contributed by atoms with Crippen LogP contribution in [0.4, 0.5) is 5.69 Å². The fourth-order valence-electron chi connectivity index (χ4n) is 2.30. The number of thioether (sulfide) groups is 1. The molecule has 0 spiro atoms. The number of nitrogens with zero attached hydrogens (tertiary/aromatic N) is 2. The van der Waals surface area contributed by atoms with E-state index in [0.29, 0.717) is 0 Å². The predicted octanol–water partition coefficient (Wildman–Crippen LogP) is 4.06. The first-order chi connectivity index (χ1) is 9.29. The van der Waals surface area contributed by atoms with Crippen LogP contribution in [-0.2, 0) is 7.05 Å². The van der Waals surface area contributed by atoms with E-state index in [1.54, 1.807) is 0 Å². The highest BCUT2D eigenvalue weighted by Crippen LogP contribution is 2.45. The lowest BCUT2D eigenvalue weighted by Gasteiger charge is -2.17. The molecule has 1 aliphatic heterocycles. The van der Waals surface area contributed by atoms with Gasteiger partial charge in [-0.05, 0) is 25.1 Å². The van der Waals surface area contributed by atoms with E-state index in [-0.39, 0.29) is 24.0 Å². The number of anilines is 1. The Kier molecular flexibility index (Phi) is 5.10. The van der Waals surface area contributed by atoms with E-state index in [2.05, 4.69) is 78.2 Å².